The number of fused-ring (bicyclic) bond motifs is 5. The Morgan fingerprint density at radius 3 is 0.761 bits per heavy atom. The van der Waals surface area contributed by atoms with Crippen molar-refractivity contribution in [2.24, 2.45) is 5.41 Å². The summed E-state index contributed by atoms with van der Waals surface area (Å²) in [5, 5.41) is 51.5. The van der Waals surface area contributed by atoms with E-state index < -0.39 is 50.4 Å². The normalized spacial score (nSPS) is 24.7. The van der Waals surface area contributed by atoms with E-state index in [0.29, 0.717) is 32.1 Å². The van der Waals surface area contributed by atoms with Gasteiger partial charge in [-0.25, -0.2) is 0 Å². The first-order valence-corrected chi connectivity index (χ1v) is 32.7. The van der Waals surface area contributed by atoms with Gasteiger partial charge in [0.2, 0.25) is 0 Å². The lowest BCUT2D eigenvalue weighted by molar-refractivity contribution is -0.138. The summed E-state index contributed by atoms with van der Waals surface area (Å²) in [4.78, 5) is 37.0. The molecule has 0 heterocycles. The van der Waals surface area contributed by atoms with Crippen molar-refractivity contribution in [2.75, 3.05) is 13.2 Å². The molecule has 0 amide bonds. The molecule has 0 unspecified atom stereocenters. The molecule has 8 heteroatoms. The van der Waals surface area contributed by atoms with Crippen molar-refractivity contribution in [3.63, 3.8) is 0 Å². The molecule has 10 aromatic carbocycles. The number of aliphatic hydroxyl groups is 2. The van der Waals surface area contributed by atoms with E-state index in [0.717, 1.165) is 44.5 Å². The number of aliphatic carboxylic acids is 3. The Balaban J connectivity index is 1.05. The first-order chi connectivity index (χ1) is 44.9. The molecule has 21 rings (SSSR count). The van der Waals surface area contributed by atoms with Crippen molar-refractivity contribution in [1.29, 1.82) is 0 Å². The fourth-order valence-electron chi connectivity index (χ4n) is 22.3. The molecule has 0 spiro atoms. The average Bonchev–Trinajstić information content (AvgIpc) is 1.39. The summed E-state index contributed by atoms with van der Waals surface area (Å²) in [6, 6.07) is 70.3. The smallest absolute Gasteiger partial charge is 0.303 e. The largest absolute Gasteiger partial charge is 0.481 e. The van der Waals surface area contributed by atoms with E-state index in [-0.39, 0.29) is 32.5 Å². The molecule has 11 aliphatic carbocycles. The number of aliphatic hydroxyl groups excluding tert-OH is 2. The maximum Gasteiger partial charge on any atom is 0.303 e. The third-order valence-electron chi connectivity index (χ3n) is 24.8. The summed E-state index contributed by atoms with van der Waals surface area (Å²) in [5.74, 6) is -2.50. The highest BCUT2D eigenvalue weighted by Crippen LogP contribution is 2.93. The molecule has 0 aromatic heterocycles. The van der Waals surface area contributed by atoms with Gasteiger partial charge in [0, 0.05) is 37.9 Å². The van der Waals surface area contributed by atoms with Crippen LogP contribution in [-0.2, 0) is 73.6 Å². The lowest BCUT2D eigenvalue weighted by Gasteiger charge is -2.65. The van der Waals surface area contributed by atoms with Crippen LogP contribution in [-0.4, -0.2) is 56.7 Å². The third-order valence-corrected chi connectivity index (χ3v) is 24.8. The van der Waals surface area contributed by atoms with E-state index in [4.69, 9.17) is 0 Å². The summed E-state index contributed by atoms with van der Waals surface area (Å²) in [6.45, 7) is 2.72. The molecule has 0 saturated heterocycles. The van der Waals surface area contributed by atoms with Crippen LogP contribution in [0.1, 0.15) is 137 Å². The molecule has 0 bridgehead atoms. The van der Waals surface area contributed by atoms with E-state index in [2.05, 4.69) is 189 Å². The van der Waals surface area contributed by atoms with E-state index in [1.807, 2.05) is 0 Å². The van der Waals surface area contributed by atoms with Gasteiger partial charge in [0.25, 0.3) is 0 Å². The first-order valence-electron chi connectivity index (χ1n) is 32.7. The number of hydrogen-bond donors (Lipinski definition) is 5. The number of hydrogen-bond acceptors (Lipinski definition) is 5. The fraction of sp³-hybridized carbons (Fsp3) is 0.202. The monoisotopic (exact) mass is 1190 g/mol. The van der Waals surface area contributed by atoms with Crippen LogP contribution in [0.2, 0.25) is 0 Å². The summed E-state index contributed by atoms with van der Waals surface area (Å²) >= 11 is 0. The lowest BCUT2D eigenvalue weighted by Crippen LogP contribution is -2.62. The molecule has 0 saturated carbocycles. The van der Waals surface area contributed by atoms with E-state index in [9.17, 15) is 39.9 Å². The standard InChI is InChI=1S/C84H58O8/c1-79-77-75-76-78(79)83(50-21-8-46(9-22-50)39-41-86)70-57-30-28-55-53-26-25-52-54-27-29-56-58-31-33-60-61-34-32-59(57)72(83)74(61)84(79,51-23-10-44(11-24-51)14-37-64(91)92)73(60)71(58)82(77,49-19-4-43(5-20-49)13-36-63(89)90)69(56)67(54)80(75,47-15-2-42(3-16-47)12-35-62(87)88)65(52)66(53)81(76,68(55)70)48-17-6-45(7-18-48)38-40-85/h2-11,15-34,85-86H,12-14,35-41H2,1H3,(H,87,88)(H,89,90)(H,91,92)/t79-,80+,81-,82+,83-,84+/m1/s1. The van der Waals surface area contributed by atoms with Crippen LogP contribution in [0.25, 0.3) is 55.6 Å². The summed E-state index contributed by atoms with van der Waals surface area (Å²) in [5.41, 5.74) is 35.9. The number of allylic oxidation sites excluding steroid dienone is 4. The van der Waals surface area contributed by atoms with E-state index in [1.54, 1.807) is 0 Å². The minimum atomic E-state index is -0.945. The number of benzene rings is 10. The molecular weight excluding hydrogens is 1140 g/mol. The molecule has 8 nitrogen and oxygen atoms in total. The number of rotatable bonds is 18. The van der Waals surface area contributed by atoms with Gasteiger partial charge in [-0.3, -0.25) is 14.4 Å². The average molecular weight is 1200 g/mol. The lowest BCUT2D eigenvalue weighted by atomic mass is 9.35. The van der Waals surface area contributed by atoms with Crippen LogP contribution in [0.4, 0.5) is 0 Å². The van der Waals surface area contributed by atoms with Crippen molar-refractivity contribution in [1.82, 2.24) is 0 Å². The molecule has 92 heavy (non-hydrogen) atoms. The van der Waals surface area contributed by atoms with Gasteiger partial charge >= 0.3 is 17.9 Å². The number of carboxylic acids is 3. The molecule has 0 fully saturated rings. The second kappa shape index (κ2) is 16.6. The van der Waals surface area contributed by atoms with Gasteiger partial charge in [-0.15, -0.1) is 0 Å². The quantitative estimate of drug-likeness (QED) is 0.0569. The Kier molecular flexibility index (Phi) is 9.30. The van der Waals surface area contributed by atoms with Gasteiger partial charge in [-0.1, -0.05) is 189 Å². The Morgan fingerprint density at radius 1 is 0.283 bits per heavy atom. The van der Waals surface area contributed by atoms with Crippen LogP contribution < -0.4 is 0 Å². The number of carbonyl (C=O) groups is 3. The highest BCUT2D eigenvalue weighted by atomic mass is 16.4. The molecular formula is C84H58O8. The van der Waals surface area contributed by atoms with Crippen LogP contribution in [0.5, 0.6) is 0 Å². The maximum absolute atomic E-state index is 12.3. The summed E-state index contributed by atoms with van der Waals surface area (Å²) in [6.07, 6.45) is 2.26. The third kappa shape index (κ3) is 5.10. The molecule has 6 atom stereocenters. The second-order valence-electron chi connectivity index (χ2n) is 28.0. The first kappa shape index (κ1) is 51.7. The van der Waals surface area contributed by atoms with E-state index in [1.165, 1.54) is 145 Å². The Bertz CT molecular complexity index is 5340. The summed E-state index contributed by atoms with van der Waals surface area (Å²) < 4.78 is 0. The zero-order valence-electron chi connectivity index (χ0n) is 50.4. The maximum atomic E-state index is 12.3. The summed E-state index contributed by atoms with van der Waals surface area (Å²) in [7, 11) is 0. The van der Waals surface area contributed by atoms with Crippen LogP contribution in [0.15, 0.2) is 204 Å². The molecule has 10 aromatic rings. The van der Waals surface area contributed by atoms with Crippen molar-refractivity contribution < 1.29 is 39.9 Å². The van der Waals surface area contributed by atoms with Crippen LogP contribution >= 0.6 is 0 Å². The van der Waals surface area contributed by atoms with Crippen LogP contribution in [0.3, 0.4) is 0 Å². The van der Waals surface area contributed by atoms with E-state index >= 15 is 0 Å². The molecule has 442 valence electrons. The number of aryl methyl sites for hydroxylation is 3. The van der Waals surface area contributed by atoms with Crippen molar-refractivity contribution in [3.05, 3.63) is 316 Å². The minimum Gasteiger partial charge on any atom is -0.481 e. The van der Waals surface area contributed by atoms with Gasteiger partial charge in [-0.2, -0.15) is 0 Å². The van der Waals surface area contributed by atoms with Gasteiger partial charge < -0.3 is 25.5 Å². The highest BCUT2D eigenvalue weighted by Gasteiger charge is 2.85. The zero-order chi connectivity index (χ0) is 61.6. The minimum absolute atomic E-state index is 0.0121. The van der Waals surface area contributed by atoms with Crippen molar-refractivity contribution in [3.8, 4) is 55.6 Å². The van der Waals surface area contributed by atoms with Crippen molar-refractivity contribution in [2.45, 2.75) is 85.4 Å². The Labute approximate surface area is 530 Å². The van der Waals surface area contributed by atoms with Crippen molar-refractivity contribution >= 4 is 17.9 Å². The van der Waals surface area contributed by atoms with Crippen LogP contribution in [0, 0.1) is 5.41 Å². The molecule has 0 aliphatic heterocycles. The topological polar surface area (TPSA) is 152 Å². The molecule has 5 N–H and O–H groups in total. The van der Waals surface area contributed by atoms with Gasteiger partial charge in [0.05, 0.1) is 27.1 Å². The SMILES string of the molecule is C[C@]12C3=C4C5=C1[C@@]1(c6ccc(CCC(=O)O)cc6)c6c7ccc8c6[C@]5(c5ccc(CCC(=O)O)cc5)c5c-8ccc6c5[C@]4(c4ccc(CCO)cc4)c4c-6ccc5c4[C@]3(c3ccc(CCO)cc3)c3c-5ccc4c3[C@]2(c2ccc(CCC(=O)O)cc2)c2c-4ccc-7c21. The Hall–Kier alpha value is -9.99. The van der Waals surface area contributed by atoms with Gasteiger partial charge in [0.1, 0.15) is 0 Å². The second-order valence-corrected chi connectivity index (χ2v) is 28.0. The number of carboxylic acid groups (broad SMARTS) is 3. The van der Waals surface area contributed by atoms with Gasteiger partial charge in [0.15, 0.2) is 0 Å². The van der Waals surface area contributed by atoms with Gasteiger partial charge in [-0.05, 0) is 221 Å². The molecule has 0 radical (unpaired) electrons. The Morgan fingerprint density at radius 2 is 0.500 bits per heavy atom. The molecule has 11 aliphatic rings. The fourth-order valence-corrected chi connectivity index (χ4v) is 22.3. The highest BCUT2D eigenvalue weighted by molar-refractivity contribution is 6.15. The zero-order valence-corrected chi connectivity index (χ0v) is 50.4. The predicted molar refractivity (Wildman–Crippen MR) is 350 cm³/mol. The predicted octanol–water partition coefficient (Wildman–Crippen LogP) is 14.4.